The van der Waals surface area contributed by atoms with Crippen LogP contribution in [0.1, 0.15) is 10.4 Å². The standard InChI is InChI=1S/C14H18O8/c1-20-13(19)7-4-2-3-5-8(7)21-14-12(18)11(17)10(16)9(6-15)22-14/h2-5,9-12,14-18H,6H2,1H3/t9-,10+,11+,12+,14+/m0/s1. The molecule has 5 atom stereocenters. The molecule has 1 aliphatic heterocycles. The van der Waals surface area contributed by atoms with Crippen molar-refractivity contribution in [3.05, 3.63) is 29.8 Å². The van der Waals surface area contributed by atoms with Crippen molar-refractivity contribution >= 4 is 5.97 Å². The Kier molecular flexibility index (Phi) is 5.33. The van der Waals surface area contributed by atoms with E-state index in [1.54, 1.807) is 12.1 Å². The minimum Gasteiger partial charge on any atom is -0.465 e. The number of aliphatic hydroxyl groups is 4. The molecule has 1 heterocycles. The van der Waals surface area contributed by atoms with Crippen LogP contribution in [-0.4, -0.2) is 70.8 Å². The van der Waals surface area contributed by atoms with Crippen molar-refractivity contribution in [2.24, 2.45) is 0 Å². The molecule has 122 valence electrons. The van der Waals surface area contributed by atoms with Crippen LogP contribution >= 0.6 is 0 Å². The summed E-state index contributed by atoms with van der Waals surface area (Å²) in [6, 6.07) is 6.14. The van der Waals surface area contributed by atoms with Crippen LogP contribution in [-0.2, 0) is 9.47 Å². The summed E-state index contributed by atoms with van der Waals surface area (Å²) in [6.45, 7) is -0.566. The van der Waals surface area contributed by atoms with E-state index in [4.69, 9.17) is 14.6 Å². The van der Waals surface area contributed by atoms with Crippen LogP contribution in [0.5, 0.6) is 5.75 Å². The van der Waals surface area contributed by atoms with Crippen molar-refractivity contribution < 1.29 is 39.4 Å². The lowest BCUT2D eigenvalue weighted by molar-refractivity contribution is -0.277. The maximum atomic E-state index is 11.7. The zero-order valence-electron chi connectivity index (χ0n) is 11.8. The number of hydrogen-bond acceptors (Lipinski definition) is 8. The van der Waals surface area contributed by atoms with Gasteiger partial charge < -0.3 is 34.6 Å². The molecule has 0 aromatic heterocycles. The Morgan fingerprint density at radius 1 is 1.18 bits per heavy atom. The number of carbonyl (C=O) groups excluding carboxylic acids is 1. The van der Waals surface area contributed by atoms with Crippen LogP contribution < -0.4 is 4.74 Å². The molecule has 0 spiro atoms. The van der Waals surface area contributed by atoms with Gasteiger partial charge in [-0.3, -0.25) is 0 Å². The van der Waals surface area contributed by atoms with Gasteiger partial charge in [0.25, 0.3) is 0 Å². The first-order chi connectivity index (χ1) is 10.5. The first kappa shape index (κ1) is 16.7. The quantitative estimate of drug-likeness (QED) is 0.503. The Morgan fingerprint density at radius 2 is 1.86 bits per heavy atom. The number of benzene rings is 1. The highest BCUT2D eigenvalue weighted by Crippen LogP contribution is 2.26. The fourth-order valence-corrected chi connectivity index (χ4v) is 2.14. The van der Waals surface area contributed by atoms with E-state index in [0.29, 0.717) is 0 Å². The number of carbonyl (C=O) groups is 1. The molecule has 22 heavy (non-hydrogen) atoms. The van der Waals surface area contributed by atoms with Crippen LogP contribution in [0.15, 0.2) is 24.3 Å². The lowest BCUT2D eigenvalue weighted by Crippen LogP contribution is -2.60. The minimum atomic E-state index is -1.55. The molecule has 0 aliphatic carbocycles. The van der Waals surface area contributed by atoms with Crippen molar-refractivity contribution in [3.8, 4) is 5.75 Å². The average molecular weight is 314 g/mol. The fraction of sp³-hybridized carbons (Fsp3) is 0.500. The fourth-order valence-electron chi connectivity index (χ4n) is 2.14. The smallest absolute Gasteiger partial charge is 0.341 e. The van der Waals surface area contributed by atoms with E-state index in [-0.39, 0.29) is 11.3 Å². The van der Waals surface area contributed by atoms with E-state index in [2.05, 4.69) is 4.74 Å². The third kappa shape index (κ3) is 3.21. The molecule has 1 aromatic carbocycles. The Morgan fingerprint density at radius 3 is 2.50 bits per heavy atom. The summed E-state index contributed by atoms with van der Waals surface area (Å²) < 4.78 is 15.3. The third-order valence-electron chi connectivity index (χ3n) is 3.38. The molecule has 1 fully saturated rings. The van der Waals surface area contributed by atoms with Gasteiger partial charge in [0, 0.05) is 0 Å². The molecule has 1 aromatic rings. The van der Waals surface area contributed by atoms with E-state index in [9.17, 15) is 20.1 Å². The summed E-state index contributed by atoms with van der Waals surface area (Å²) >= 11 is 0. The molecule has 2 rings (SSSR count). The number of esters is 1. The van der Waals surface area contributed by atoms with Crippen molar-refractivity contribution in [1.82, 2.24) is 0 Å². The molecule has 0 unspecified atom stereocenters. The Balaban J connectivity index is 2.21. The molecule has 0 radical (unpaired) electrons. The van der Waals surface area contributed by atoms with E-state index < -0.39 is 43.3 Å². The molecular weight excluding hydrogens is 296 g/mol. The summed E-state index contributed by atoms with van der Waals surface area (Å²) in [6.07, 6.45) is -7.03. The Bertz CT molecular complexity index is 517. The Labute approximate surface area is 126 Å². The van der Waals surface area contributed by atoms with Crippen LogP contribution in [0, 0.1) is 0 Å². The number of para-hydroxylation sites is 1. The second kappa shape index (κ2) is 7.03. The van der Waals surface area contributed by atoms with Crippen molar-refractivity contribution in [2.45, 2.75) is 30.7 Å². The van der Waals surface area contributed by atoms with Crippen LogP contribution in [0.4, 0.5) is 0 Å². The van der Waals surface area contributed by atoms with Gasteiger partial charge in [0.05, 0.1) is 13.7 Å². The van der Waals surface area contributed by atoms with Gasteiger partial charge in [0.1, 0.15) is 35.7 Å². The van der Waals surface area contributed by atoms with E-state index in [1.807, 2.05) is 0 Å². The van der Waals surface area contributed by atoms with Gasteiger partial charge >= 0.3 is 5.97 Å². The highest BCUT2D eigenvalue weighted by molar-refractivity contribution is 5.92. The van der Waals surface area contributed by atoms with Gasteiger partial charge in [-0.1, -0.05) is 12.1 Å². The number of ether oxygens (including phenoxy) is 3. The van der Waals surface area contributed by atoms with E-state index in [0.717, 1.165) is 0 Å². The van der Waals surface area contributed by atoms with Crippen molar-refractivity contribution in [1.29, 1.82) is 0 Å². The van der Waals surface area contributed by atoms with Crippen LogP contribution in [0.25, 0.3) is 0 Å². The van der Waals surface area contributed by atoms with Gasteiger partial charge in [-0.25, -0.2) is 4.79 Å². The molecule has 1 saturated heterocycles. The number of methoxy groups -OCH3 is 1. The minimum absolute atomic E-state index is 0.0821. The zero-order chi connectivity index (χ0) is 16.3. The predicted molar refractivity (Wildman–Crippen MR) is 72.2 cm³/mol. The molecule has 4 N–H and O–H groups in total. The number of rotatable bonds is 4. The summed E-state index contributed by atoms with van der Waals surface area (Å²) in [7, 11) is 1.22. The van der Waals surface area contributed by atoms with Gasteiger partial charge in [0.15, 0.2) is 0 Å². The first-order valence-corrected chi connectivity index (χ1v) is 6.64. The van der Waals surface area contributed by atoms with Gasteiger partial charge in [-0.05, 0) is 12.1 Å². The molecule has 1 aliphatic rings. The Hall–Kier alpha value is -1.71. The average Bonchev–Trinajstić information content (AvgIpc) is 2.55. The highest BCUT2D eigenvalue weighted by atomic mass is 16.7. The number of aliphatic hydroxyl groups excluding tert-OH is 4. The highest BCUT2D eigenvalue weighted by Gasteiger charge is 2.44. The molecule has 0 amide bonds. The number of hydrogen-bond donors (Lipinski definition) is 4. The van der Waals surface area contributed by atoms with Crippen molar-refractivity contribution in [3.63, 3.8) is 0 Å². The maximum Gasteiger partial charge on any atom is 0.341 e. The summed E-state index contributed by atoms with van der Waals surface area (Å²) in [5.41, 5.74) is 0.113. The largest absolute Gasteiger partial charge is 0.465 e. The van der Waals surface area contributed by atoms with Crippen LogP contribution in [0.3, 0.4) is 0 Å². The zero-order valence-corrected chi connectivity index (χ0v) is 11.8. The lowest BCUT2D eigenvalue weighted by atomic mass is 9.99. The van der Waals surface area contributed by atoms with Crippen LogP contribution in [0.2, 0.25) is 0 Å². The summed E-state index contributed by atoms with van der Waals surface area (Å²) in [4.78, 5) is 11.7. The predicted octanol–water partition coefficient (Wildman–Crippen LogP) is -1.35. The molecule has 0 bridgehead atoms. The maximum absolute atomic E-state index is 11.7. The second-order valence-electron chi connectivity index (χ2n) is 4.80. The monoisotopic (exact) mass is 314 g/mol. The molecule has 0 saturated carbocycles. The molecule has 8 nitrogen and oxygen atoms in total. The topological polar surface area (TPSA) is 126 Å². The molecular formula is C14H18O8. The van der Waals surface area contributed by atoms with E-state index >= 15 is 0 Å². The van der Waals surface area contributed by atoms with E-state index in [1.165, 1.54) is 19.2 Å². The SMILES string of the molecule is COC(=O)c1ccccc1O[C@@H]1O[C@@H](CO)[C@@H](O)[C@@H](O)[C@H]1O. The lowest BCUT2D eigenvalue weighted by Gasteiger charge is -2.39. The van der Waals surface area contributed by atoms with Crippen molar-refractivity contribution in [2.75, 3.05) is 13.7 Å². The second-order valence-corrected chi connectivity index (χ2v) is 4.80. The summed E-state index contributed by atoms with van der Waals surface area (Å²) in [5.74, 6) is -0.557. The molecule has 8 heteroatoms. The summed E-state index contributed by atoms with van der Waals surface area (Å²) in [5, 5.41) is 38.4. The third-order valence-corrected chi connectivity index (χ3v) is 3.38. The normalized spacial score (nSPS) is 31.6. The van der Waals surface area contributed by atoms with Gasteiger partial charge in [0.2, 0.25) is 6.29 Å². The first-order valence-electron chi connectivity index (χ1n) is 6.64. The van der Waals surface area contributed by atoms with Gasteiger partial charge in [-0.2, -0.15) is 0 Å². The van der Waals surface area contributed by atoms with Gasteiger partial charge in [-0.15, -0.1) is 0 Å².